The van der Waals surface area contributed by atoms with Crippen LogP contribution in [0.5, 0.6) is 0 Å². The Hall–Kier alpha value is -3.15. The largest absolute Gasteiger partial charge is 0.465 e. The molecule has 1 aliphatic rings. The summed E-state index contributed by atoms with van der Waals surface area (Å²) in [6.07, 6.45) is 2.98. The molecule has 1 aliphatic heterocycles. The van der Waals surface area contributed by atoms with Crippen molar-refractivity contribution in [2.45, 2.75) is 25.8 Å². The van der Waals surface area contributed by atoms with Gasteiger partial charge >= 0.3 is 5.97 Å². The molecule has 1 saturated heterocycles. The van der Waals surface area contributed by atoms with E-state index in [1.165, 1.54) is 20.0 Å². The predicted octanol–water partition coefficient (Wildman–Crippen LogP) is 5.36. The van der Waals surface area contributed by atoms with Gasteiger partial charge in [-0.25, -0.2) is 4.79 Å². The van der Waals surface area contributed by atoms with Gasteiger partial charge in [-0.15, -0.1) is 0 Å². The number of methoxy groups -OCH3 is 1. The summed E-state index contributed by atoms with van der Waals surface area (Å²) in [5, 5.41) is 3.40. The van der Waals surface area contributed by atoms with Crippen LogP contribution in [0.2, 0.25) is 5.02 Å². The van der Waals surface area contributed by atoms with Crippen LogP contribution in [0.15, 0.2) is 66.7 Å². The summed E-state index contributed by atoms with van der Waals surface area (Å²) in [6.45, 7) is 3.28. The Kier molecular flexibility index (Phi) is 7.99. The normalized spacial score (nSPS) is 13.6. The van der Waals surface area contributed by atoms with Crippen molar-refractivity contribution in [1.82, 2.24) is 10.2 Å². The molecule has 4 rings (SSSR count). The first-order valence-corrected chi connectivity index (χ1v) is 12.0. The molecule has 0 saturated carbocycles. The van der Waals surface area contributed by atoms with Crippen molar-refractivity contribution in [2.24, 2.45) is 0 Å². The molecule has 5 nitrogen and oxygen atoms in total. The molecule has 3 aromatic rings. The van der Waals surface area contributed by atoms with Gasteiger partial charge in [-0.2, -0.15) is 0 Å². The molecule has 1 N–H and O–H groups in total. The number of halogens is 1. The van der Waals surface area contributed by atoms with E-state index in [0.29, 0.717) is 29.1 Å². The smallest absolute Gasteiger partial charge is 0.338 e. The van der Waals surface area contributed by atoms with Crippen molar-refractivity contribution in [3.8, 4) is 11.1 Å². The highest BCUT2D eigenvalue weighted by Gasteiger charge is 2.19. The molecule has 0 spiro atoms. The van der Waals surface area contributed by atoms with E-state index in [9.17, 15) is 9.59 Å². The molecule has 34 heavy (non-hydrogen) atoms. The number of ether oxygens (including phenoxy) is 1. The molecule has 1 fully saturated rings. The van der Waals surface area contributed by atoms with Crippen LogP contribution in [0, 0.1) is 0 Å². The lowest BCUT2D eigenvalue weighted by Gasteiger charge is -2.17. The van der Waals surface area contributed by atoms with Gasteiger partial charge in [0.15, 0.2) is 0 Å². The van der Waals surface area contributed by atoms with E-state index in [4.69, 9.17) is 16.3 Å². The SMILES string of the molecule is COC(=O)c1cc(CCNC(=O)c2c(Cl)cccc2-c2ccccc2)ccc1CN1CCCC1. The summed E-state index contributed by atoms with van der Waals surface area (Å²) in [5.41, 5.74) is 4.73. The lowest BCUT2D eigenvalue weighted by Crippen LogP contribution is -2.26. The van der Waals surface area contributed by atoms with Crippen LogP contribution in [0.4, 0.5) is 0 Å². The number of rotatable bonds is 8. The fourth-order valence-corrected chi connectivity index (χ4v) is 4.68. The van der Waals surface area contributed by atoms with Crippen LogP contribution in [0.25, 0.3) is 11.1 Å². The fourth-order valence-electron chi connectivity index (χ4n) is 4.42. The van der Waals surface area contributed by atoms with Crippen LogP contribution < -0.4 is 5.32 Å². The minimum Gasteiger partial charge on any atom is -0.465 e. The maximum Gasteiger partial charge on any atom is 0.338 e. The maximum absolute atomic E-state index is 13.0. The molecule has 0 aromatic heterocycles. The molecule has 176 valence electrons. The van der Waals surface area contributed by atoms with Crippen LogP contribution in [-0.4, -0.2) is 43.5 Å². The Morgan fingerprint density at radius 2 is 1.76 bits per heavy atom. The highest BCUT2D eigenvalue weighted by molar-refractivity contribution is 6.34. The topological polar surface area (TPSA) is 58.6 Å². The molecule has 0 aliphatic carbocycles. The van der Waals surface area contributed by atoms with E-state index in [1.807, 2.05) is 60.7 Å². The van der Waals surface area contributed by atoms with Gasteiger partial charge in [-0.1, -0.05) is 66.2 Å². The Morgan fingerprint density at radius 1 is 1.00 bits per heavy atom. The quantitative estimate of drug-likeness (QED) is 0.444. The van der Waals surface area contributed by atoms with Gasteiger partial charge in [0.2, 0.25) is 0 Å². The molecular formula is C28H29ClN2O3. The Balaban J connectivity index is 1.45. The number of hydrogen-bond acceptors (Lipinski definition) is 4. The lowest BCUT2D eigenvalue weighted by atomic mass is 9.99. The third kappa shape index (κ3) is 5.66. The molecule has 1 heterocycles. The minimum atomic E-state index is -0.330. The zero-order valence-corrected chi connectivity index (χ0v) is 20.1. The van der Waals surface area contributed by atoms with E-state index >= 15 is 0 Å². The molecule has 0 radical (unpaired) electrons. The van der Waals surface area contributed by atoms with Gasteiger partial charge in [0.25, 0.3) is 5.91 Å². The molecule has 3 aromatic carbocycles. The van der Waals surface area contributed by atoms with Crippen LogP contribution in [0.3, 0.4) is 0 Å². The predicted molar refractivity (Wildman–Crippen MR) is 135 cm³/mol. The Labute approximate surface area is 205 Å². The molecule has 0 atom stereocenters. The summed E-state index contributed by atoms with van der Waals surface area (Å²) >= 11 is 6.41. The second kappa shape index (κ2) is 11.3. The Bertz CT molecular complexity index is 1160. The third-order valence-corrected chi connectivity index (χ3v) is 6.51. The third-order valence-electron chi connectivity index (χ3n) is 6.20. The average molecular weight is 477 g/mol. The molecular weight excluding hydrogens is 448 g/mol. The summed E-state index contributed by atoms with van der Waals surface area (Å²) in [6, 6.07) is 21.1. The maximum atomic E-state index is 13.0. The standard InChI is InChI=1S/C28H29ClN2O3/c1-34-28(33)24-18-20(12-13-22(24)19-31-16-5-6-17-31)14-15-30-27(32)26-23(10-7-11-25(26)29)21-8-3-2-4-9-21/h2-4,7-13,18H,5-6,14-17,19H2,1H3,(H,30,32). The highest BCUT2D eigenvalue weighted by atomic mass is 35.5. The van der Waals surface area contributed by atoms with E-state index in [1.54, 1.807) is 6.07 Å². The molecule has 6 heteroatoms. The van der Waals surface area contributed by atoms with Gasteiger partial charge in [0.05, 0.1) is 23.3 Å². The number of amides is 1. The van der Waals surface area contributed by atoms with Crippen molar-refractivity contribution in [2.75, 3.05) is 26.7 Å². The van der Waals surface area contributed by atoms with Crippen molar-refractivity contribution in [1.29, 1.82) is 0 Å². The van der Waals surface area contributed by atoms with E-state index < -0.39 is 0 Å². The van der Waals surface area contributed by atoms with Crippen molar-refractivity contribution in [3.05, 3.63) is 94.0 Å². The first kappa shape index (κ1) is 24.0. The number of nitrogens with one attached hydrogen (secondary N) is 1. The number of hydrogen-bond donors (Lipinski definition) is 1. The molecule has 1 amide bonds. The summed E-state index contributed by atoms with van der Waals surface area (Å²) in [4.78, 5) is 27.8. The van der Waals surface area contributed by atoms with E-state index in [0.717, 1.165) is 41.9 Å². The number of esters is 1. The Morgan fingerprint density at radius 3 is 2.50 bits per heavy atom. The number of benzene rings is 3. The number of likely N-dealkylation sites (tertiary alicyclic amines) is 1. The summed E-state index contributed by atoms with van der Waals surface area (Å²) in [7, 11) is 1.41. The van der Waals surface area contributed by atoms with Crippen LogP contribution >= 0.6 is 11.6 Å². The van der Waals surface area contributed by atoms with Gasteiger partial charge < -0.3 is 10.1 Å². The van der Waals surface area contributed by atoms with Crippen molar-refractivity contribution >= 4 is 23.5 Å². The highest BCUT2D eigenvalue weighted by Crippen LogP contribution is 2.29. The fraction of sp³-hybridized carbons (Fsp3) is 0.286. The van der Waals surface area contributed by atoms with Gasteiger partial charge in [-0.3, -0.25) is 9.69 Å². The zero-order chi connectivity index (χ0) is 23.9. The number of nitrogens with zero attached hydrogens (tertiary/aromatic N) is 1. The molecule has 0 unspecified atom stereocenters. The van der Waals surface area contributed by atoms with Gasteiger partial charge in [0, 0.05) is 13.1 Å². The second-order valence-electron chi connectivity index (χ2n) is 8.50. The first-order valence-electron chi connectivity index (χ1n) is 11.6. The number of carbonyl (C=O) groups excluding carboxylic acids is 2. The zero-order valence-electron chi connectivity index (χ0n) is 19.4. The average Bonchev–Trinajstić information content (AvgIpc) is 3.37. The van der Waals surface area contributed by atoms with Gasteiger partial charge in [0.1, 0.15) is 0 Å². The van der Waals surface area contributed by atoms with Crippen LogP contribution in [0.1, 0.15) is 44.7 Å². The minimum absolute atomic E-state index is 0.219. The van der Waals surface area contributed by atoms with Crippen molar-refractivity contribution in [3.63, 3.8) is 0 Å². The first-order chi connectivity index (χ1) is 16.6. The van der Waals surface area contributed by atoms with E-state index in [-0.39, 0.29) is 11.9 Å². The lowest BCUT2D eigenvalue weighted by molar-refractivity contribution is 0.0598. The molecule has 0 bridgehead atoms. The van der Waals surface area contributed by atoms with E-state index in [2.05, 4.69) is 10.2 Å². The summed E-state index contributed by atoms with van der Waals surface area (Å²) < 4.78 is 5.02. The number of carbonyl (C=O) groups is 2. The second-order valence-corrected chi connectivity index (χ2v) is 8.91. The van der Waals surface area contributed by atoms with Gasteiger partial charge in [-0.05, 0) is 66.7 Å². The summed E-state index contributed by atoms with van der Waals surface area (Å²) in [5.74, 6) is -0.549. The van der Waals surface area contributed by atoms with Crippen molar-refractivity contribution < 1.29 is 14.3 Å². The van der Waals surface area contributed by atoms with Crippen LogP contribution in [-0.2, 0) is 17.7 Å². The monoisotopic (exact) mass is 476 g/mol.